The van der Waals surface area contributed by atoms with Crippen molar-refractivity contribution in [3.8, 4) is 0 Å². The van der Waals surface area contributed by atoms with Crippen LogP contribution in [0.1, 0.15) is 34.5 Å². The zero-order valence-corrected chi connectivity index (χ0v) is 17.4. The third-order valence-corrected chi connectivity index (χ3v) is 5.37. The van der Waals surface area contributed by atoms with Gasteiger partial charge in [0.05, 0.1) is 12.3 Å². The molecule has 1 aromatic heterocycles. The summed E-state index contributed by atoms with van der Waals surface area (Å²) in [7, 11) is 0. The van der Waals surface area contributed by atoms with Crippen LogP contribution < -0.4 is 10.6 Å². The number of carbonyl (C=O) groups is 1. The first-order valence-electron chi connectivity index (χ1n) is 10.6. The Hall–Kier alpha value is -3.63. The molecule has 3 N–H and O–H groups in total. The van der Waals surface area contributed by atoms with Gasteiger partial charge in [-0.1, -0.05) is 91.0 Å². The van der Waals surface area contributed by atoms with Gasteiger partial charge in [0, 0.05) is 5.56 Å². The summed E-state index contributed by atoms with van der Waals surface area (Å²) >= 11 is 0. The summed E-state index contributed by atoms with van der Waals surface area (Å²) in [4.78, 5) is 12.9. The van der Waals surface area contributed by atoms with Crippen molar-refractivity contribution in [2.45, 2.75) is 18.5 Å². The number of nitrogens with one attached hydrogen (secondary N) is 1. The number of nitrogens with two attached hydrogens (primary N) is 1. The molecule has 0 aliphatic rings. The molecule has 31 heavy (non-hydrogen) atoms. The molecule has 0 bridgehead atoms. The van der Waals surface area contributed by atoms with Gasteiger partial charge in [-0.25, -0.2) is 0 Å². The molecule has 0 spiro atoms. The van der Waals surface area contributed by atoms with Gasteiger partial charge in [-0.2, -0.15) is 0 Å². The molecule has 0 aliphatic carbocycles. The van der Waals surface area contributed by atoms with Crippen molar-refractivity contribution in [2.75, 3.05) is 6.54 Å². The Bertz CT molecular complexity index is 1050. The normalized spacial score (nSPS) is 12.8. The molecule has 4 heteroatoms. The molecule has 0 unspecified atom stereocenters. The number of hydrogen-bond acceptors (Lipinski definition) is 2. The molecule has 0 aliphatic heterocycles. The second kappa shape index (κ2) is 10.4. The van der Waals surface area contributed by atoms with Crippen molar-refractivity contribution in [1.29, 1.82) is 0 Å². The van der Waals surface area contributed by atoms with Gasteiger partial charge >= 0.3 is 0 Å². The molecule has 1 amide bonds. The van der Waals surface area contributed by atoms with Crippen molar-refractivity contribution >= 4 is 5.91 Å². The van der Waals surface area contributed by atoms with Gasteiger partial charge < -0.3 is 15.1 Å². The largest absolute Gasteiger partial charge is 0.463 e. The van der Waals surface area contributed by atoms with Gasteiger partial charge in [0.1, 0.15) is 0 Å². The Kier molecular flexibility index (Phi) is 6.93. The molecule has 0 saturated heterocycles. The number of benzene rings is 3. The number of furan rings is 1. The number of carbonyl (C=O) groups excluding carboxylic acids is 1. The first-order chi connectivity index (χ1) is 15.3. The highest BCUT2D eigenvalue weighted by Gasteiger charge is 2.23. The van der Waals surface area contributed by atoms with Crippen molar-refractivity contribution in [1.82, 2.24) is 5.32 Å². The van der Waals surface area contributed by atoms with Gasteiger partial charge in [0.15, 0.2) is 18.3 Å². The Balaban J connectivity index is 1.45. The third kappa shape index (κ3) is 5.71. The molecule has 0 saturated carbocycles. The predicted octanol–water partition coefficient (Wildman–Crippen LogP) is 4.03. The summed E-state index contributed by atoms with van der Waals surface area (Å²) in [6, 6.07) is 34.2. The van der Waals surface area contributed by atoms with Crippen LogP contribution in [0.25, 0.3) is 0 Å². The standard InChI is InChI=1S/C27H26N2O2/c30-26(20-28-27(25-17-10-18-31-25)23-15-8-3-9-16-23)29-24(22-13-6-2-7-14-22)19-21-11-4-1-5-12-21/h1-18,24,27-28H,19-20H2,(H,29,30)/p+1/t24-,27-/m1/s1. The van der Waals surface area contributed by atoms with Crippen molar-refractivity contribution < 1.29 is 14.5 Å². The number of hydrogen-bond donors (Lipinski definition) is 2. The van der Waals surface area contributed by atoms with E-state index in [1.807, 2.05) is 72.0 Å². The second-order valence-electron chi connectivity index (χ2n) is 7.56. The summed E-state index contributed by atoms with van der Waals surface area (Å²) in [5.41, 5.74) is 3.40. The molecule has 1 heterocycles. The van der Waals surface area contributed by atoms with Crippen LogP contribution in [0.5, 0.6) is 0 Å². The van der Waals surface area contributed by atoms with Gasteiger partial charge in [0.2, 0.25) is 0 Å². The highest BCUT2D eigenvalue weighted by Crippen LogP contribution is 2.19. The Morgan fingerprint density at radius 3 is 2.00 bits per heavy atom. The number of rotatable bonds is 9. The summed E-state index contributed by atoms with van der Waals surface area (Å²) in [6.07, 6.45) is 2.42. The van der Waals surface area contributed by atoms with Crippen LogP contribution in [-0.4, -0.2) is 12.5 Å². The highest BCUT2D eigenvalue weighted by molar-refractivity contribution is 5.77. The second-order valence-corrected chi connectivity index (χ2v) is 7.56. The first kappa shape index (κ1) is 20.6. The quantitative estimate of drug-likeness (QED) is 0.437. The summed E-state index contributed by atoms with van der Waals surface area (Å²) in [5, 5.41) is 5.26. The van der Waals surface area contributed by atoms with E-state index in [-0.39, 0.29) is 18.0 Å². The molecule has 0 fully saturated rings. The van der Waals surface area contributed by atoms with E-state index in [1.54, 1.807) is 6.26 Å². The molecular formula is C27H27N2O2+. The smallest absolute Gasteiger partial charge is 0.275 e. The minimum Gasteiger partial charge on any atom is -0.463 e. The van der Waals surface area contributed by atoms with E-state index < -0.39 is 0 Å². The lowest BCUT2D eigenvalue weighted by Crippen LogP contribution is -2.87. The van der Waals surface area contributed by atoms with Crippen LogP contribution in [0, 0.1) is 0 Å². The third-order valence-electron chi connectivity index (χ3n) is 5.37. The topological polar surface area (TPSA) is 58.9 Å². The Morgan fingerprint density at radius 1 is 0.774 bits per heavy atom. The first-order valence-corrected chi connectivity index (χ1v) is 10.6. The number of amides is 1. The minimum absolute atomic E-state index is 0.00253. The maximum atomic E-state index is 12.9. The lowest BCUT2D eigenvalue weighted by molar-refractivity contribution is -0.678. The van der Waals surface area contributed by atoms with Crippen LogP contribution >= 0.6 is 0 Å². The molecule has 4 nitrogen and oxygen atoms in total. The predicted molar refractivity (Wildman–Crippen MR) is 121 cm³/mol. The van der Waals surface area contributed by atoms with E-state index in [0.717, 1.165) is 23.3 Å². The van der Waals surface area contributed by atoms with E-state index in [2.05, 4.69) is 41.7 Å². The average molecular weight is 412 g/mol. The maximum absolute atomic E-state index is 12.9. The van der Waals surface area contributed by atoms with Crippen molar-refractivity contribution in [2.24, 2.45) is 0 Å². The molecule has 2 atom stereocenters. The fourth-order valence-electron chi connectivity index (χ4n) is 3.81. The molecule has 3 aromatic carbocycles. The summed E-state index contributed by atoms with van der Waals surface area (Å²) in [6.45, 7) is 0.304. The molecule has 156 valence electrons. The van der Waals surface area contributed by atoms with Crippen LogP contribution in [-0.2, 0) is 11.2 Å². The Labute approximate surface area is 182 Å². The zero-order chi connectivity index (χ0) is 21.3. The van der Waals surface area contributed by atoms with Gasteiger partial charge in [-0.15, -0.1) is 0 Å². The fraction of sp³-hybridized carbons (Fsp3) is 0.148. The molecule has 0 radical (unpaired) electrons. The minimum atomic E-state index is -0.0803. The van der Waals surface area contributed by atoms with Crippen LogP contribution in [0.2, 0.25) is 0 Å². The van der Waals surface area contributed by atoms with Crippen molar-refractivity contribution in [3.05, 3.63) is 132 Å². The van der Waals surface area contributed by atoms with Crippen LogP contribution in [0.4, 0.5) is 0 Å². The van der Waals surface area contributed by atoms with E-state index >= 15 is 0 Å². The van der Waals surface area contributed by atoms with E-state index in [1.165, 1.54) is 5.56 Å². The van der Waals surface area contributed by atoms with E-state index in [9.17, 15) is 4.79 Å². The SMILES string of the molecule is O=C(C[NH2+][C@H](c1ccccc1)c1ccco1)N[C@H](Cc1ccccc1)c1ccccc1. The maximum Gasteiger partial charge on any atom is 0.275 e. The Morgan fingerprint density at radius 2 is 1.39 bits per heavy atom. The average Bonchev–Trinajstić information content (AvgIpc) is 3.35. The summed E-state index contributed by atoms with van der Waals surface area (Å²) < 4.78 is 5.65. The lowest BCUT2D eigenvalue weighted by Gasteiger charge is -2.20. The molecule has 4 rings (SSSR count). The molecule has 4 aromatic rings. The fourth-order valence-corrected chi connectivity index (χ4v) is 3.81. The van der Waals surface area contributed by atoms with E-state index in [4.69, 9.17) is 4.42 Å². The molecular weight excluding hydrogens is 384 g/mol. The van der Waals surface area contributed by atoms with E-state index in [0.29, 0.717) is 6.54 Å². The van der Waals surface area contributed by atoms with Crippen LogP contribution in [0.3, 0.4) is 0 Å². The highest BCUT2D eigenvalue weighted by atomic mass is 16.3. The van der Waals surface area contributed by atoms with Gasteiger partial charge in [-0.3, -0.25) is 4.79 Å². The van der Waals surface area contributed by atoms with Crippen LogP contribution in [0.15, 0.2) is 114 Å². The van der Waals surface area contributed by atoms with Gasteiger partial charge in [-0.05, 0) is 29.7 Å². The zero-order valence-electron chi connectivity index (χ0n) is 17.4. The number of quaternary nitrogens is 1. The monoisotopic (exact) mass is 411 g/mol. The summed E-state index contributed by atoms with van der Waals surface area (Å²) in [5.74, 6) is 0.833. The lowest BCUT2D eigenvalue weighted by atomic mass is 9.99. The van der Waals surface area contributed by atoms with Gasteiger partial charge in [0.25, 0.3) is 5.91 Å². The van der Waals surface area contributed by atoms with Crippen molar-refractivity contribution in [3.63, 3.8) is 0 Å².